The predicted molar refractivity (Wildman–Crippen MR) is 117 cm³/mol. The molecule has 1 aromatic carbocycles. The summed E-state index contributed by atoms with van der Waals surface area (Å²) in [4.78, 5) is 19.3. The van der Waals surface area contributed by atoms with Crippen molar-refractivity contribution in [3.8, 4) is 0 Å². The third kappa shape index (κ3) is 5.54. The van der Waals surface area contributed by atoms with E-state index in [1.54, 1.807) is 4.68 Å². The van der Waals surface area contributed by atoms with Crippen molar-refractivity contribution in [2.45, 2.75) is 25.8 Å². The molecule has 3 aromatic rings. The van der Waals surface area contributed by atoms with Gasteiger partial charge in [0, 0.05) is 44.6 Å². The third-order valence-corrected chi connectivity index (χ3v) is 5.68. The molecule has 6 nitrogen and oxygen atoms in total. The third-order valence-electron chi connectivity index (χ3n) is 5.68. The van der Waals surface area contributed by atoms with Gasteiger partial charge in [-0.1, -0.05) is 18.2 Å². The van der Waals surface area contributed by atoms with Gasteiger partial charge in [-0.2, -0.15) is 5.10 Å². The maximum absolute atomic E-state index is 12.4. The molecule has 1 aliphatic heterocycles. The number of carbonyl (C=O) groups is 1. The van der Waals surface area contributed by atoms with Crippen molar-refractivity contribution >= 4 is 5.91 Å². The van der Waals surface area contributed by atoms with Crippen LogP contribution >= 0.6 is 0 Å². The van der Waals surface area contributed by atoms with Crippen LogP contribution in [0.1, 0.15) is 33.6 Å². The number of aromatic nitrogens is 3. The summed E-state index contributed by atoms with van der Waals surface area (Å²) in [6.45, 7) is 3.77. The van der Waals surface area contributed by atoms with Gasteiger partial charge in [-0.05, 0) is 67.1 Å². The highest BCUT2D eigenvalue weighted by Crippen LogP contribution is 2.22. The number of aryl methyl sites for hydroxylation is 1. The van der Waals surface area contributed by atoms with Crippen molar-refractivity contribution in [1.29, 1.82) is 0 Å². The van der Waals surface area contributed by atoms with Crippen LogP contribution in [0.4, 0.5) is 0 Å². The average molecular weight is 404 g/mol. The fraction of sp³-hybridized carbons (Fsp3) is 0.375. The van der Waals surface area contributed by atoms with Gasteiger partial charge in [0.05, 0.1) is 11.9 Å². The lowest BCUT2D eigenvalue weighted by Gasteiger charge is -2.15. The summed E-state index contributed by atoms with van der Waals surface area (Å²) in [5, 5.41) is 7.14. The summed E-state index contributed by atoms with van der Waals surface area (Å²) in [6, 6.07) is 14.2. The maximum atomic E-state index is 12.4. The Balaban J connectivity index is 1.22. The molecule has 1 unspecified atom stereocenters. The second-order valence-electron chi connectivity index (χ2n) is 8.14. The summed E-state index contributed by atoms with van der Waals surface area (Å²) < 4.78 is 1.78. The van der Waals surface area contributed by atoms with E-state index in [2.05, 4.69) is 38.5 Å². The summed E-state index contributed by atoms with van der Waals surface area (Å²) >= 11 is 0. The van der Waals surface area contributed by atoms with E-state index in [9.17, 15) is 4.79 Å². The molecule has 2 aromatic heterocycles. The molecule has 0 radical (unpaired) electrons. The molecule has 0 spiro atoms. The van der Waals surface area contributed by atoms with Crippen LogP contribution in [-0.2, 0) is 26.4 Å². The summed E-state index contributed by atoms with van der Waals surface area (Å²) in [5.74, 6) is 0.640. The summed E-state index contributed by atoms with van der Waals surface area (Å²) in [7, 11) is 1.90. The molecule has 1 amide bonds. The lowest BCUT2D eigenvalue weighted by atomic mass is 9.98. The molecule has 4 rings (SSSR count). The van der Waals surface area contributed by atoms with Gasteiger partial charge in [-0.25, -0.2) is 0 Å². The highest BCUT2D eigenvalue weighted by Gasteiger charge is 2.23. The Morgan fingerprint density at radius 2 is 2.03 bits per heavy atom. The molecule has 0 saturated carbocycles. The first kappa shape index (κ1) is 20.3. The molecule has 1 aliphatic rings. The fourth-order valence-corrected chi connectivity index (χ4v) is 4.09. The van der Waals surface area contributed by atoms with E-state index in [4.69, 9.17) is 0 Å². The standard InChI is InChI=1S/C24H29N5O/c1-28-16-21(15-27-28)9-12-26-24(30)22-7-5-19(6-8-22)14-20-10-13-29(17-20)18-23-4-2-3-11-25-23/h2-8,11,15-16,20H,9-10,12-14,17-18H2,1H3,(H,26,30). The van der Waals surface area contributed by atoms with Crippen LogP contribution in [0.25, 0.3) is 0 Å². The quantitative estimate of drug-likeness (QED) is 0.628. The first-order valence-corrected chi connectivity index (χ1v) is 10.6. The zero-order valence-corrected chi connectivity index (χ0v) is 17.5. The maximum Gasteiger partial charge on any atom is 0.251 e. The van der Waals surface area contributed by atoms with Crippen LogP contribution in [0.2, 0.25) is 0 Å². The van der Waals surface area contributed by atoms with Crippen LogP contribution < -0.4 is 5.32 Å². The highest BCUT2D eigenvalue weighted by molar-refractivity contribution is 5.94. The van der Waals surface area contributed by atoms with Crippen molar-refractivity contribution < 1.29 is 4.79 Å². The minimum Gasteiger partial charge on any atom is -0.352 e. The summed E-state index contributed by atoms with van der Waals surface area (Å²) in [6.07, 6.45) is 8.72. The number of amides is 1. The minimum atomic E-state index is -0.0205. The van der Waals surface area contributed by atoms with Crippen molar-refractivity contribution in [1.82, 2.24) is 25.0 Å². The molecular formula is C24H29N5O. The lowest BCUT2D eigenvalue weighted by Crippen LogP contribution is -2.25. The van der Waals surface area contributed by atoms with Gasteiger partial charge < -0.3 is 5.32 Å². The van der Waals surface area contributed by atoms with Gasteiger partial charge in [-0.3, -0.25) is 19.4 Å². The number of nitrogens with zero attached hydrogens (tertiary/aromatic N) is 4. The van der Waals surface area contributed by atoms with Gasteiger partial charge in [0.1, 0.15) is 0 Å². The highest BCUT2D eigenvalue weighted by atomic mass is 16.1. The molecule has 30 heavy (non-hydrogen) atoms. The second-order valence-corrected chi connectivity index (χ2v) is 8.14. The van der Waals surface area contributed by atoms with Crippen molar-refractivity contribution in [2.24, 2.45) is 13.0 Å². The average Bonchev–Trinajstić information content (AvgIpc) is 3.38. The van der Waals surface area contributed by atoms with Crippen LogP contribution in [-0.4, -0.2) is 45.2 Å². The molecule has 1 saturated heterocycles. The Labute approximate surface area is 177 Å². The zero-order chi connectivity index (χ0) is 20.8. The van der Waals surface area contributed by atoms with Gasteiger partial charge in [0.2, 0.25) is 0 Å². The first-order chi connectivity index (χ1) is 14.7. The molecule has 1 fully saturated rings. The van der Waals surface area contributed by atoms with E-state index in [1.165, 1.54) is 12.0 Å². The van der Waals surface area contributed by atoms with E-state index < -0.39 is 0 Å². The van der Waals surface area contributed by atoms with Gasteiger partial charge >= 0.3 is 0 Å². The Morgan fingerprint density at radius 1 is 1.17 bits per heavy atom. The number of benzene rings is 1. The van der Waals surface area contributed by atoms with Crippen LogP contribution in [0.3, 0.4) is 0 Å². The molecule has 156 valence electrons. The number of carbonyl (C=O) groups excluding carboxylic acids is 1. The van der Waals surface area contributed by atoms with Crippen LogP contribution in [0.15, 0.2) is 61.1 Å². The molecule has 0 bridgehead atoms. The number of hydrogen-bond donors (Lipinski definition) is 1. The van der Waals surface area contributed by atoms with Crippen molar-refractivity contribution in [3.05, 3.63) is 83.4 Å². The number of likely N-dealkylation sites (tertiary alicyclic amines) is 1. The van der Waals surface area contributed by atoms with Gasteiger partial charge in [-0.15, -0.1) is 0 Å². The number of rotatable bonds is 8. The molecule has 1 atom stereocenters. The van der Waals surface area contributed by atoms with E-state index in [1.807, 2.05) is 49.9 Å². The Hall–Kier alpha value is -2.99. The van der Waals surface area contributed by atoms with Gasteiger partial charge in [0.15, 0.2) is 0 Å². The van der Waals surface area contributed by atoms with Crippen molar-refractivity contribution in [3.63, 3.8) is 0 Å². The molecular weight excluding hydrogens is 374 g/mol. The Kier molecular flexibility index (Phi) is 6.54. The zero-order valence-electron chi connectivity index (χ0n) is 17.5. The number of pyridine rings is 1. The molecule has 1 N–H and O–H groups in total. The largest absolute Gasteiger partial charge is 0.352 e. The Bertz CT molecular complexity index is 951. The lowest BCUT2D eigenvalue weighted by molar-refractivity contribution is 0.0954. The van der Waals surface area contributed by atoms with E-state index >= 15 is 0 Å². The normalized spacial score (nSPS) is 16.6. The predicted octanol–water partition coefficient (Wildman–Crippen LogP) is 2.85. The van der Waals surface area contributed by atoms with Crippen molar-refractivity contribution in [2.75, 3.05) is 19.6 Å². The molecule has 6 heteroatoms. The molecule has 3 heterocycles. The molecule has 0 aliphatic carbocycles. The second kappa shape index (κ2) is 9.67. The first-order valence-electron chi connectivity index (χ1n) is 10.6. The number of hydrogen-bond acceptors (Lipinski definition) is 4. The SMILES string of the molecule is Cn1cc(CCNC(=O)c2ccc(CC3CCN(Cc4ccccn4)C3)cc2)cn1. The fourth-order valence-electron chi connectivity index (χ4n) is 4.09. The van der Waals surface area contributed by atoms with Crippen LogP contribution in [0.5, 0.6) is 0 Å². The monoisotopic (exact) mass is 403 g/mol. The van der Waals surface area contributed by atoms with Crippen LogP contribution in [0, 0.1) is 5.92 Å². The van der Waals surface area contributed by atoms with E-state index in [0.29, 0.717) is 18.0 Å². The minimum absolute atomic E-state index is 0.0205. The van der Waals surface area contributed by atoms with Gasteiger partial charge in [0.25, 0.3) is 5.91 Å². The topological polar surface area (TPSA) is 63.1 Å². The van der Waals surface area contributed by atoms with E-state index in [-0.39, 0.29) is 5.91 Å². The Morgan fingerprint density at radius 3 is 2.77 bits per heavy atom. The number of nitrogens with one attached hydrogen (secondary N) is 1. The smallest absolute Gasteiger partial charge is 0.251 e. The summed E-state index contributed by atoms with van der Waals surface area (Å²) in [5.41, 5.74) is 4.28. The van der Waals surface area contributed by atoms with E-state index in [0.717, 1.165) is 43.7 Å².